The van der Waals surface area contributed by atoms with E-state index in [4.69, 9.17) is 5.14 Å². The number of aromatic nitrogens is 2. The minimum absolute atomic E-state index is 0.0888. The molecule has 1 unspecified atom stereocenters. The van der Waals surface area contributed by atoms with Crippen LogP contribution in [0.25, 0.3) is 0 Å². The van der Waals surface area contributed by atoms with E-state index in [0.717, 1.165) is 5.69 Å². The number of rotatable bonds is 3. The molecular weight excluding hydrogens is 292 g/mol. The van der Waals surface area contributed by atoms with Gasteiger partial charge in [-0.05, 0) is 27.7 Å². The predicted molar refractivity (Wildman–Crippen MR) is 80.4 cm³/mol. The van der Waals surface area contributed by atoms with Crippen LogP contribution in [0.5, 0.6) is 0 Å². The van der Waals surface area contributed by atoms with Crippen molar-refractivity contribution in [2.45, 2.75) is 39.7 Å². The lowest BCUT2D eigenvalue weighted by Crippen LogP contribution is -2.33. The van der Waals surface area contributed by atoms with Crippen molar-refractivity contribution in [3.63, 3.8) is 0 Å². The van der Waals surface area contributed by atoms with E-state index in [0.29, 0.717) is 12.4 Å². The maximum absolute atomic E-state index is 12.2. The summed E-state index contributed by atoms with van der Waals surface area (Å²) in [4.78, 5) is 13.8. The number of amides is 1. The van der Waals surface area contributed by atoms with E-state index < -0.39 is 10.0 Å². The van der Waals surface area contributed by atoms with Gasteiger partial charge in [0.1, 0.15) is 5.82 Å². The number of carbonyl (C=O) groups is 1. The largest absolute Gasteiger partial charge is 0.297 e. The summed E-state index contributed by atoms with van der Waals surface area (Å²) in [5.41, 5.74) is 0.560. The Morgan fingerprint density at radius 3 is 2.57 bits per heavy atom. The summed E-state index contributed by atoms with van der Waals surface area (Å²) in [5, 5.41) is 9.51. The molecule has 1 atom stereocenters. The number of carbonyl (C=O) groups excluding carboxylic acids is 1. The topological polar surface area (TPSA) is 98.3 Å². The van der Waals surface area contributed by atoms with Gasteiger partial charge in [0.15, 0.2) is 0 Å². The SMILES string of the molecule is Cc1cc(N2CC(CS(N)(=O)=O)CC2=O)n(C(C)(C)C)n1. The number of hydrogen-bond donors (Lipinski definition) is 1. The Kier molecular flexibility index (Phi) is 3.88. The van der Waals surface area contributed by atoms with Crippen molar-refractivity contribution in [2.75, 3.05) is 17.2 Å². The van der Waals surface area contributed by atoms with E-state index >= 15 is 0 Å². The highest BCUT2D eigenvalue weighted by Gasteiger charge is 2.35. The molecule has 1 aliphatic heterocycles. The van der Waals surface area contributed by atoms with Crippen LogP contribution >= 0.6 is 0 Å². The third-order valence-electron chi connectivity index (χ3n) is 3.40. The number of anilines is 1. The number of aryl methyl sites for hydroxylation is 1. The van der Waals surface area contributed by atoms with Crippen molar-refractivity contribution in [3.05, 3.63) is 11.8 Å². The number of nitrogens with zero attached hydrogens (tertiary/aromatic N) is 3. The predicted octanol–water partition coefficient (Wildman–Crippen LogP) is 0.588. The molecular formula is C13H22N4O3S. The summed E-state index contributed by atoms with van der Waals surface area (Å²) in [6.07, 6.45) is 0.199. The summed E-state index contributed by atoms with van der Waals surface area (Å²) in [6.45, 7) is 8.24. The van der Waals surface area contributed by atoms with E-state index in [1.807, 2.05) is 33.8 Å². The van der Waals surface area contributed by atoms with Crippen LogP contribution in [0.15, 0.2) is 6.07 Å². The zero-order chi connectivity index (χ0) is 16.0. The van der Waals surface area contributed by atoms with Crippen molar-refractivity contribution in [3.8, 4) is 0 Å². The summed E-state index contributed by atoms with van der Waals surface area (Å²) in [5.74, 6) is 0.185. The molecule has 2 rings (SSSR count). The van der Waals surface area contributed by atoms with Gasteiger partial charge >= 0.3 is 0 Å². The highest BCUT2D eigenvalue weighted by Crippen LogP contribution is 2.30. The van der Waals surface area contributed by atoms with Crippen LogP contribution in [0.3, 0.4) is 0 Å². The minimum atomic E-state index is -3.57. The van der Waals surface area contributed by atoms with Crippen LogP contribution in [-0.4, -0.2) is 36.4 Å². The Balaban J connectivity index is 2.30. The van der Waals surface area contributed by atoms with Crippen LogP contribution < -0.4 is 10.0 Å². The highest BCUT2D eigenvalue weighted by atomic mass is 32.2. The average molecular weight is 314 g/mol. The Bertz CT molecular complexity index is 657. The lowest BCUT2D eigenvalue weighted by molar-refractivity contribution is -0.117. The molecule has 1 saturated heterocycles. The molecule has 21 heavy (non-hydrogen) atoms. The van der Waals surface area contributed by atoms with Crippen LogP contribution in [0, 0.1) is 12.8 Å². The van der Waals surface area contributed by atoms with E-state index in [2.05, 4.69) is 5.10 Å². The maximum Gasteiger partial charge on any atom is 0.228 e. The monoisotopic (exact) mass is 314 g/mol. The quantitative estimate of drug-likeness (QED) is 0.882. The Morgan fingerprint density at radius 1 is 1.43 bits per heavy atom. The van der Waals surface area contributed by atoms with Gasteiger partial charge in [0.05, 0.1) is 17.0 Å². The molecule has 8 heteroatoms. The second-order valence-electron chi connectivity index (χ2n) is 6.63. The minimum Gasteiger partial charge on any atom is -0.297 e. The van der Waals surface area contributed by atoms with Gasteiger partial charge in [0.25, 0.3) is 0 Å². The van der Waals surface area contributed by atoms with E-state index in [1.165, 1.54) is 0 Å². The lowest BCUT2D eigenvalue weighted by atomic mass is 10.1. The summed E-state index contributed by atoms with van der Waals surface area (Å²) < 4.78 is 24.2. The van der Waals surface area contributed by atoms with Gasteiger partial charge < -0.3 is 0 Å². The molecule has 2 N–H and O–H groups in total. The van der Waals surface area contributed by atoms with Crippen molar-refractivity contribution in [2.24, 2.45) is 11.1 Å². The average Bonchev–Trinajstić information content (AvgIpc) is 2.78. The van der Waals surface area contributed by atoms with Gasteiger partial charge in [0, 0.05) is 24.9 Å². The molecule has 1 amide bonds. The van der Waals surface area contributed by atoms with E-state index in [1.54, 1.807) is 9.58 Å². The number of sulfonamides is 1. The first-order valence-electron chi connectivity index (χ1n) is 6.85. The van der Waals surface area contributed by atoms with Gasteiger partial charge in [-0.2, -0.15) is 5.10 Å². The molecule has 118 valence electrons. The van der Waals surface area contributed by atoms with Crippen LogP contribution in [-0.2, 0) is 20.4 Å². The zero-order valence-corrected chi connectivity index (χ0v) is 13.6. The van der Waals surface area contributed by atoms with Gasteiger partial charge in [-0.15, -0.1) is 0 Å². The second kappa shape index (κ2) is 5.10. The van der Waals surface area contributed by atoms with Gasteiger partial charge in [-0.25, -0.2) is 18.2 Å². The van der Waals surface area contributed by atoms with E-state index in [9.17, 15) is 13.2 Å². The Hall–Kier alpha value is -1.41. The summed E-state index contributed by atoms with van der Waals surface area (Å²) >= 11 is 0. The molecule has 0 spiro atoms. The molecule has 0 aromatic carbocycles. The lowest BCUT2D eigenvalue weighted by Gasteiger charge is -2.26. The molecule has 1 aromatic rings. The Labute approximate surface area is 125 Å². The summed E-state index contributed by atoms with van der Waals surface area (Å²) in [6, 6.07) is 1.85. The van der Waals surface area contributed by atoms with Crippen molar-refractivity contribution in [1.82, 2.24) is 9.78 Å². The molecule has 0 aliphatic carbocycles. The molecule has 2 heterocycles. The van der Waals surface area contributed by atoms with Crippen LogP contribution in [0.4, 0.5) is 5.82 Å². The van der Waals surface area contributed by atoms with Gasteiger partial charge in [0.2, 0.25) is 15.9 Å². The third-order valence-corrected chi connectivity index (χ3v) is 4.33. The molecule has 1 aromatic heterocycles. The standard InChI is InChI=1S/C13H22N4O3S/c1-9-5-11(17(15-9)13(2,3)4)16-7-10(6-12(16)18)8-21(14,19)20/h5,10H,6-8H2,1-4H3,(H2,14,19,20). The number of hydrogen-bond acceptors (Lipinski definition) is 4. The van der Waals surface area contributed by atoms with Crippen molar-refractivity contribution >= 4 is 21.7 Å². The first kappa shape index (κ1) is 16.0. The van der Waals surface area contributed by atoms with Crippen molar-refractivity contribution < 1.29 is 13.2 Å². The molecule has 0 bridgehead atoms. The fourth-order valence-electron chi connectivity index (χ4n) is 2.61. The summed E-state index contributed by atoms with van der Waals surface area (Å²) in [7, 11) is -3.57. The van der Waals surface area contributed by atoms with Gasteiger partial charge in [-0.1, -0.05) is 0 Å². The zero-order valence-electron chi connectivity index (χ0n) is 12.8. The fourth-order valence-corrected chi connectivity index (χ4v) is 3.50. The van der Waals surface area contributed by atoms with Crippen molar-refractivity contribution in [1.29, 1.82) is 0 Å². The number of nitrogens with two attached hydrogens (primary N) is 1. The second-order valence-corrected chi connectivity index (χ2v) is 8.29. The third kappa shape index (κ3) is 3.62. The van der Waals surface area contributed by atoms with Crippen LogP contribution in [0.2, 0.25) is 0 Å². The molecule has 1 fully saturated rings. The van der Waals surface area contributed by atoms with Crippen LogP contribution in [0.1, 0.15) is 32.9 Å². The maximum atomic E-state index is 12.2. The first-order valence-corrected chi connectivity index (χ1v) is 8.57. The molecule has 1 aliphatic rings. The first-order chi connectivity index (χ1) is 9.47. The molecule has 7 nitrogen and oxygen atoms in total. The van der Waals surface area contributed by atoms with E-state index in [-0.39, 0.29) is 29.5 Å². The van der Waals surface area contributed by atoms with Gasteiger partial charge in [-0.3, -0.25) is 9.69 Å². The smallest absolute Gasteiger partial charge is 0.228 e. The fraction of sp³-hybridized carbons (Fsp3) is 0.692. The molecule has 0 saturated carbocycles. The highest BCUT2D eigenvalue weighted by molar-refractivity contribution is 7.89. The Morgan fingerprint density at radius 2 is 2.05 bits per heavy atom. The molecule has 0 radical (unpaired) electrons. The normalized spacial score (nSPS) is 20.3. The number of primary sulfonamides is 1.